The molecule has 7 aromatic rings. The number of amides is 1. The maximum atomic E-state index is 12.5. The van der Waals surface area contributed by atoms with Gasteiger partial charge in [-0.25, -0.2) is 0 Å². The minimum absolute atomic E-state index is 0.0577. The number of benzene rings is 3. The molecule has 3 N–H and O–H groups in total. The predicted octanol–water partition coefficient (Wildman–Crippen LogP) is 9.03. The molecule has 11 heteroatoms. The number of thiophene rings is 1. The number of oxazole rings is 1. The van der Waals surface area contributed by atoms with Gasteiger partial charge in [0.2, 0.25) is 0 Å². The van der Waals surface area contributed by atoms with E-state index < -0.39 is 0 Å². The normalized spacial score (nSPS) is 11.3. The number of rotatable bonds is 14. The molecule has 0 atom stereocenters. The van der Waals surface area contributed by atoms with Crippen LogP contribution in [-0.4, -0.2) is 51.9 Å². The number of aryl methyl sites for hydroxylation is 1. The van der Waals surface area contributed by atoms with Crippen LogP contribution < -0.4 is 20.7 Å². The van der Waals surface area contributed by atoms with Crippen molar-refractivity contribution in [2.24, 2.45) is 0 Å². The third-order valence-corrected chi connectivity index (χ3v) is 9.76. The first-order valence-electron chi connectivity index (χ1n) is 17.0. The summed E-state index contributed by atoms with van der Waals surface area (Å²) in [6.07, 6.45) is 3.63. The summed E-state index contributed by atoms with van der Waals surface area (Å²) in [5, 5.41) is 9.64. The number of nitrogens with one attached hydrogen (secondary N) is 3. The molecule has 0 saturated carbocycles. The van der Waals surface area contributed by atoms with Crippen LogP contribution in [0.2, 0.25) is 0 Å². The number of aromatic nitrogens is 3. The zero-order chi connectivity index (χ0) is 35.2. The van der Waals surface area contributed by atoms with Crippen LogP contribution >= 0.6 is 11.3 Å². The standard InChI is InChI=1S/C40H39N7O3S/c1-4-47(5-2)21-20-42-39(48)28-9-13-29(14-10-28)43-24-27-8-16-32(44-25-27)37-23-34-38(51-37)36(18-19-41-34)49-31-15-17-35-33(22-31)46-40(50-35)45-30-11-6-26(3)7-12-30/h6-19,22-23,25,43H,4-5,20-21,24H2,1-3H3,(H,42,48)(H,45,46). The maximum absolute atomic E-state index is 12.5. The van der Waals surface area contributed by atoms with E-state index in [2.05, 4.69) is 57.7 Å². The van der Waals surface area contributed by atoms with Crippen molar-refractivity contribution in [3.63, 3.8) is 0 Å². The van der Waals surface area contributed by atoms with E-state index in [1.54, 1.807) is 17.5 Å². The fraction of sp³-hybridized carbons (Fsp3) is 0.200. The molecule has 0 unspecified atom stereocenters. The van der Waals surface area contributed by atoms with Crippen LogP contribution in [-0.2, 0) is 6.54 Å². The van der Waals surface area contributed by atoms with Crippen LogP contribution in [0.5, 0.6) is 11.5 Å². The Balaban J connectivity index is 0.967. The molecular weight excluding hydrogens is 659 g/mol. The second-order valence-electron chi connectivity index (χ2n) is 12.1. The van der Waals surface area contributed by atoms with Crippen molar-refractivity contribution in [2.45, 2.75) is 27.3 Å². The average molecular weight is 698 g/mol. The first kappa shape index (κ1) is 33.7. The van der Waals surface area contributed by atoms with E-state index in [9.17, 15) is 4.79 Å². The van der Waals surface area contributed by atoms with Crippen LogP contribution in [0, 0.1) is 6.92 Å². The first-order chi connectivity index (χ1) is 24.9. The van der Waals surface area contributed by atoms with Crippen molar-refractivity contribution in [1.82, 2.24) is 25.2 Å². The van der Waals surface area contributed by atoms with E-state index in [-0.39, 0.29) is 5.91 Å². The third kappa shape index (κ3) is 8.17. The van der Waals surface area contributed by atoms with E-state index in [1.165, 1.54) is 5.56 Å². The van der Waals surface area contributed by atoms with Gasteiger partial charge in [-0.2, -0.15) is 4.98 Å². The number of pyridine rings is 2. The van der Waals surface area contributed by atoms with Crippen molar-refractivity contribution < 1.29 is 13.9 Å². The second-order valence-corrected chi connectivity index (χ2v) is 13.2. The highest BCUT2D eigenvalue weighted by molar-refractivity contribution is 7.22. The molecule has 4 aromatic heterocycles. The third-order valence-electron chi connectivity index (χ3n) is 8.59. The lowest BCUT2D eigenvalue weighted by Gasteiger charge is -2.18. The maximum Gasteiger partial charge on any atom is 0.300 e. The Morgan fingerprint density at radius 3 is 2.45 bits per heavy atom. The van der Waals surface area contributed by atoms with E-state index in [0.717, 1.165) is 57.4 Å². The van der Waals surface area contributed by atoms with Crippen molar-refractivity contribution in [3.8, 4) is 22.1 Å². The Labute approximate surface area is 300 Å². The molecule has 0 saturated heterocycles. The minimum Gasteiger partial charge on any atom is -0.456 e. The number of nitrogens with zero attached hydrogens (tertiary/aromatic N) is 4. The summed E-state index contributed by atoms with van der Waals surface area (Å²) >= 11 is 1.59. The molecule has 0 aliphatic carbocycles. The molecule has 10 nitrogen and oxygen atoms in total. The summed E-state index contributed by atoms with van der Waals surface area (Å²) in [5.74, 6) is 1.30. The molecule has 3 aromatic carbocycles. The highest BCUT2D eigenvalue weighted by Gasteiger charge is 2.14. The van der Waals surface area contributed by atoms with E-state index >= 15 is 0 Å². The Bertz CT molecular complexity index is 2240. The summed E-state index contributed by atoms with van der Waals surface area (Å²) in [6.45, 7) is 10.3. The van der Waals surface area contributed by atoms with Gasteiger partial charge in [-0.3, -0.25) is 14.8 Å². The summed E-state index contributed by atoms with van der Waals surface area (Å²) < 4.78 is 13.2. The van der Waals surface area contributed by atoms with Gasteiger partial charge in [0.15, 0.2) is 5.58 Å². The Hall–Kier alpha value is -5.78. The van der Waals surface area contributed by atoms with Gasteiger partial charge in [-0.1, -0.05) is 37.6 Å². The number of fused-ring (bicyclic) bond motifs is 2. The SMILES string of the molecule is CCN(CC)CCNC(=O)c1ccc(NCc2ccc(-c3cc4nccc(Oc5ccc6oc(Nc7ccc(C)cc7)nc6c5)c4s3)nc2)cc1. The molecule has 258 valence electrons. The molecule has 0 bridgehead atoms. The quantitative estimate of drug-likeness (QED) is 0.102. The van der Waals surface area contributed by atoms with Gasteiger partial charge in [0, 0.05) is 61.1 Å². The molecule has 0 spiro atoms. The van der Waals surface area contributed by atoms with E-state index in [1.807, 2.05) is 91.1 Å². The van der Waals surface area contributed by atoms with Gasteiger partial charge in [0.1, 0.15) is 17.0 Å². The van der Waals surface area contributed by atoms with Crippen LogP contribution in [0.4, 0.5) is 17.4 Å². The Morgan fingerprint density at radius 1 is 0.882 bits per heavy atom. The highest BCUT2D eigenvalue weighted by Crippen LogP contribution is 2.39. The van der Waals surface area contributed by atoms with Crippen LogP contribution in [0.25, 0.3) is 31.9 Å². The monoisotopic (exact) mass is 697 g/mol. The van der Waals surface area contributed by atoms with Crippen molar-refractivity contribution >= 4 is 55.9 Å². The lowest BCUT2D eigenvalue weighted by molar-refractivity contribution is 0.0949. The largest absolute Gasteiger partial charge is 0.456 e. The molecule has 1 amide bonds. The van der Waals surface area contributed by atoms with Crippen molar-refractivity contribution in [1.29, 1.82) is 0 Å². The van der Waals surface area contributed by atoms with E-state index in [4.69, 9.17) is 14.1 Å². The molecular formula is C40H39N7O3S. The number of anilines is 3. The van der Waals surface area contributed by atoms with Crippen molar-refractivity contribution in [3.05, 3.63) is 120 Å². The van der Waals surface area contributed by atoms with Gasteiger partial charge in [-0.05, 0) is 86.2 Å². The number of hydrogen-bond acceptors (Lipinski definition) is 10. The van der Waals surface area contributed by atoms with Crippen molar-refractivity contribution in [2.75, 3.05) is 36.8 Å². The van der Waals surface area contributed by atoms with Gasteiger partial charge >= 0.3 is 0 Å². The molecule has 51 heavy (non-hydrogen) atoms. The summed E-state index contributed by atoms with van der Waals surface area (Å²) in [5.41, 5.74) is 7.78. The smallest absolute Gasteiger partial charge is 0.300 e. The Kier molecular flexibility index (Phi) is 10.2. The summed E-state index contributed by atoms with van der Waals surface area (Å²) in [7, 11) is 0. The zero-order valence-electron chi connectivity index (χ0n) is 28.8. The van der Waals surface area contributed by atoms with Crippen LogP contribution in [0.1, 0.15) is 35.3 Å². The summed E-state index contributed by atoms with van der Waals surface area (Å²) in [4.78, 5) is 29.7. The minimum atomic E-state index is -0.0577. The van der Waals surface area contributed by atoms with Crippen LogP contribution in [0.15, 0.2) is 108 Å². The molecule has 0 fully saturated rings. The highest BCUT2D eigenvalue weighted by atomic mass is 32.1. The molecule has 0 aliphatic heterocycles. The first-order valence-corrected chi connectivity index (χ1v) is 17.9. The molecule has 0 aliphatic rings. The average Bonchev–Trinajstić information content (AvgIpc) is 3.78. The fourth-order valence-electron chi connectivity index (χ4n) is 5.62. The number of carbonyl (C=O) groups is 1. The fourth-order valence-corrected chi connectivity index (χ4v) is 6.66. The topological polar surface area (TPSA) is 117 Å². The number of likely N-dealkylation sites (N-methyl/N-ethyl adjacent to an activating group) is 1. The lowest BCUT2D eigenvalue weighted by atomic mass is 10.2. The van der Waals surface area contributed by atoms with Gasteiger partial charge < -0.3 is 30.0 Å². The molecule has 4 heterocycles. The Morgan fingerprint density at radius 2 is 1.69 bits per heavy atom. The second kappa shape index (κ2) is 15.4. The zero-order valence-corrected chi connectivity index (χ0v) is 29.6. The van der Waals surface area contributed by atoms with E-state index in [0.29, 0.717) is 47.3 Å². The van der Waals surface area contributed by atoms with Crippen LogP contribution in [0.3, 0.4) is 0 Å². The van der Waals surface area contributed by atoms with Gasteiger partial charge in [-0.15, -0.1) is 11.3 Å². The molecule has 0 radical (unpaired) electrons. The molecule has 7 rings (SSSR count). The number of ether oxygens (including phenoxy) is 1. The summed E-state index contributed by atoms with van der Waals surface area (Å²) in [6, 6.07) is 29.6. The predicted molar refractivity (Wildman–Crippen MR) is 205 cm³/mol. The van der Waals surface area contributed by atoms with Gasteiger partial charge in [0.05, 0.1) is 20.8 Å². The van der Waals surface area contributed by atoms with Gasteiger partial charge in [0.25, 0.3) is 11.9 Å². The number of carbonyl (C=O) groups excluding carboxylic acids is 1. The number of hydrogen-bond donors (Lipinski definition) is 3. The lowest BCUT2D eigenvalue weighted by Crippen LogP contribution is -2.34.